The van der Waals surface area contributed by atoms with Gasteiger partial charge in [0.25, 0.3) is 0 Å². The minimum absolute atomic E-state index is 0.146. The van der Waals surface area contributed by atoms with E-state index in [9.17, 15) is 4.79 Å². The van der Waals surface area contributed by atoms with Crippen molar-refractivity contribution in [3.63, 3.8) is 0 Å². The summed E-state index contributed by atoms with van der Waals surface area (Å²) < 4.78 is 0. The van der Waals surface area contributed by atoms with E-state index in [4.69, 9.17) is 0 Å². The van der Waals surface area contributed by atoms with E-state index in [0.29, 0.717) is 13.1 Å². The van der Waals surface area contributed by atoms with Crippen LogP contribution in [0.1, 0.15) is 18.1 Å². The molecule has 1 amide bonds. The van der Waals surface area contributed by atoms with Crippen molar-refractivity contribution in [3.8, 4) is 0 Å². The highest BCUT2D eigenvalue weighted by Gasteiger charge is 2.27. The van der Waals surface area contributed by atoms with Crippen LogP contribution in [-0.2, 0) is 11.3 Å². The molecule has 0 aromatic heterocycles. The zero-order chi connectivity index (χ0) is 13.9. The maximum Gasteiger partial charge on any atom is 0.250 e. The van der Waals surface area contributed by atoms with Crippen molar-refractivity contribution in [1.82, 2.24) is 4.90 Å². The fourth-order valence-corrected chi connectivity index (χ4v) is 2.63. The fourth-order valence-electron chi connectivity index (χ4n) is 2.63. The summed E-state index contributed by atoms with van der Waals surface area (Å²) in [6.07, 6.45) is 0. The number of amides is 1. The Hall–Kier alpha value is -2.35. The van der Waals surface area contributed by atoms with Crippen LogP contribution in [0.25, 0.3) is 5.57 Å². The van der Waals surface area contributed by atoms with Crippen LogP contribution in [0.5, 0.6) is 0 Å². The predicted octanol–water partition coefficient (Wildman–Crippen LogP) is 3.50. The largest absolute Gasteiger partial charge is 0.330 e. The highest BCUT2D eigenvalue weighted by molar-refractivity contribution is 6.05. The normalized spacial score (nSPS) is 15.1. The van der Waals surface area contributed by atoms with Gasteiger partial charge in [0, 0.05) is 18.7 Å². The fraction of sp³-hybridized carbons (Fsp3) is 0.167. The molecule has 0 N–H and O–H groups in total. The van der Waals surface area contributed by atoms with Crippen molar-refractivity contribution < 1.29 is 4.79 Å². The Labute approximate surface area is 119 Å². The minimum Gasteiger partial charge on any atom is -0.330 e. The van der Waals surface area contributed by atoms with Crippen molar-refractivity contribution in [3.05, 3.63) is 77.4 Å². The van der Waals surface area contributed by atoms with Gasteiger partial charge in [-0.1, -0.05) is 60.7 Å². The van der Waals surface area contributed by atoms with Gasteiger partial charge in [-0.15, -0.1) is 0 Å². The molecular weight excluding hydrogens is 246 g/mol. The van der Waals surface area contributed by atoms with Crippen LogP contribution in [-0.4, -0.2) is 17.4 Å². The van der Waals surface area contributed by atoms with E-state index >= 15 is 0 Å². The molecule has 20 heavy (non-hydrogen) atoms. The van der Waals surface area contributed by atoms with Crippen LogP contribution in [0, 0.1) is 0 Å². The number of carbonyl (C=O) groups excluding carboxylic acids is 1. The van der Waals surface area contributed by atoms with E-state index in [-0.39, 0.29) is 5.91 Å². The molecular formula is C18H17NO. The molecule has 0 saturated carbocycles. The predicted molar refractivity (Wildman–Crippen MR) is 80.9 cm³/mol. The van der Waals surface area contributed by atoms with Gasteiger partial charge < -0.3 is 4.90 Å². The van der Waals surface area contributed by atoms with Crippen molar-refractivity contribution in [2.24, 2.45) is 0 Å². The number of rotatable bonds is 3. The Kier molecular flexibility index (Phi) is 3.38. The van der Waals surface area contributed by atoms with Gasteiger partial charge in [-0.05, 0) is 23.6 Å². The number of nitrogens with zero attached hydrogens (tertiary/aromatic N) is 1. The smallest absolute Gasteiger partial charge is 0.250 e. The monoisotopic (exact) mass is 263 g/mol. The summed E-state index contributed by atoms with van der Waals surface area (Å²) in [5.41, 5.74) is 4.33. The number of hydrogen-bond acceptors (Lipinski definition) is 1. The van der Waals surface area contributed by atoms with Gasteiger partial charge in [-0.25, -0.2) is 0 Å². The molecule has 2 aromatic carbocycles. The molecule has 0 radical (unpaired) electrons. The Morgan fingerprint density at radius 3 is 2.20 bits per heavy atom. The van der Waals surface area contributed by atoms with E-state index in [1.807, 2.05) is 48.2 Å². The Bertz CT molecular complexity index is 644. The zero-order valence-electron chi connectivity index (χ0n) is 11.5. The van der Waals surface area contributed by atoms with E-state index < -0.39 is 0 Å². The van der Waals surface area contributed by atoms with Gasteiger partial charge in [0.2, 0.25) is 5.91 Å². The Balaban J connectivity index is 1.82. The second-order valence-electron chi connectivity index (χ2n) is 5.12. The Morgan fingerprint density at radius 1 is 0.950 bits per heavy atom. The highest BCUT2D eigenvalue weighted by Crippen LogP contribution is 2.28. The van der Waals surface area contributed by atoms with Crippen molar-refractivity contribution >= 4 is 11.5 Å². The topological polar surface area (TPSA) is 20.3 Å². The molecule has 2 nitrogen and oxygen atoms in total. The zero-order valence-corrected chi connectivity index (χ0v) is 11.5. The number of benzene rings is 2. The lowest BCUT2D eigenvalue weighted by molar-refractivity contribution is -0.125. The quantitative estimate of drug-likeness (QED) is 0.830. The summed E-state index contributed by atoms with van der Waals surface area (Å²) in [5.74, 6) is 0.146. The average molecular weight is 263 g/mol. The van der Waals surface area contributed by atoms with Crippen LogP contribution in [0.3, 0.4) is 0 Å². The first-order chi connectivity index (χ1) is 9.75. The summed E-state index contributed by atoms with van der Waals surface area (Å²) in [5, 5.41) is 0. The third-order valence-corrected chi connectivity index (χ3v) is 3.75. The molecule has 0 unspecified atom stereocenters. The second-order valence-corrected chi connectivity index (χ2v) is 5.12. The summed E-state index contributed by atoms with van der Waals surface area (Å²) in [4.78, 5) is 14.3. The maximum absolute atomic E-state index is 12.4. The molecule has 0 bridgehead atoms. The first-order valence-electron chi connectivity index (χ1n) is 6.84. The standard InChI is InChI=1S/C18H17NO/c1-14-17(16-10-6-3-7-11-16)13-19(18(14)20)12-15-8-4-2-5-9-15/h2-11H,12-13H2,1H3. The van der Waals surface area contributed by atoms with Crippen molar-refractivity contribution in [1.29, 1.82) is 0 Å². The molecule has 1 heterocycles. The molecule has 2 aromatic rings. The summed E-state index contributed by atoms with van der Waals surface area (Å²) in [7, 11) is 0. The SMILES string of the molecule is CC1=C(c2ccccc2)CN(Cc2ccccc2)C1=O. The third-order valence-electron chi connectivity index (χ3n) is 3.75. The number of carbonyl (C=O) groups is 1. The van der Waals surface area contributed by atoms with E-state index in [1.165, 1.54) is 5.56 Å². The molecule has 0 aliphatic carbocycles. The number of hydrogen-bond donors (Lipinski definition) is 0. The lowest BCUT2D eigenvalue weighted by atomic mass is 10.0. The molecule has 100 valence electrons. The van der Waals surface area contributed by atoms with Crippen LogP contribution in [0.4, 0.5) is 0 Å². The van der Waals surface area contributed by atoms with Gasteiger partial charge in [0.1, 0.15) is 0 Å². The molecule has 2 heteroatoms. The van der Waals surface area contributed by atoms with E-state index in [1.54, 1.807) is 0 Å². The third kappa shape index (κ3) is 2.37. The maximum atomic E-state index is 12.4. The summed E-state index contributed by atoms with van der Waals surface area (Å²) in [6, 6.07) is 20.3. The first-order valence-corrected chi connectivity index (χ1v) is 6.84. The second kappa shape index (κ2) is 5.33. The summed E-state index contributed by atoms with van der Waals surface area (Å²) in [6.45, 7) is 3.30. The lowest BCUT2D eigenvalue weighted by Gasteiger charge is -2.17. The van der Waals surface area contributed by atoms with Crippen molar-refractivity contribution in [2.45, 2.75) is 13.5 Å². The summed E-state index contributed by atoms with van der Waals surface area (Å²) >= 11 is 0. The first kappa shape index (κ1) is 12.7. The van der Waals surface area contributed by atoms with Gasteiger partial charge in [-0.3, -0.25) is 4.79 Å². The van der Waals surface area contributed by atoms with Gasteiger partial charge in [0.05, 0.1) is 0 Å². The van der Waals surface area contributed by atoms with E-state index in [2.05, 4.69) is 24.3 Å². The van der Waals surface area contributed by atoms with Crippen LogP contribution < -0.4 is 0 Å². The van der Waals surface area contributed by atoms with Crippen LogP contribution >= 0.6 is 0 Å². The molecule has 0 atom stereocenters. The van der Waals surface area contributed by atoms with Gasteiger partial charge >= 0.3 is 0 Å². The molecule has 0 spiro atoms. The molecule has 1 aliphatic rings. The van der Waals surface area contributed by atoms with Gasteiger partial charge in [0.15, 0.2) is 0 Å². The molecule has 1 aliphatic heterocycles. The van der Waals surface area contributed by atoms with E-state index in [0.717, 1.165) is 16.7 Å². The van der Waals surface area contributed by atoms with Crippen LogP contribution in [0.2, 0.25) is 0 Å². The highest BCUT2D eigenvalue weighted by atomic mass is 16.2. The molecule has 3 rings (SSSR count). The van der Waals surface area contributed by atoms with Crippen molar-refractivity contribution in [2.75, 3.05) is 6.54 Å². The Morgan fingerprint density at radius 2 is 1.55 bits per heavy atom. The van der Waals surface area contributed by atoms with Crippen LogP contribution in [0.15, 0.2) is 66.2 Å². The lowest BCUT2D eigenvalue weighted by Crippen LogP contribution is -2.26. The average Bonchev–Trinajstić information content (AvgIpc) is 2.78. The molecule has 0 fully saturated rings. The van der Waals surface area contributed by atoms with Gasteiger partial charge in [-0.2, -0.15) is 0 Å². The minimum atomic E-state index is 0.146. The molecule has 0 saturated heterocycles.